The lowest BCUT2D eigenvalue weighted by atomic mass is 10.1. The van der Waals surface area contributed by atoms with E-state index in [9.17, 15) is 4.79 Å². The molecule has 0 radical (unpaired) electrons. The molecular formula is C18H24N4OS. The molecular weight excluding hydrogens is 320 g/mol. The van der Waals surface area contributed by atoms with Gasteiger partial charge >= 0.3 is 0 Å². The number of carbonyl (C=O) groups is 1. The zero-order chi connectivity index (χ0) is 16.8. The van der Waals surface area contributed by atoms with Crippen LogP contribution in [0.3, 0.4) is 0 Å². The minimum absolute atomic E-state index is 0.0656. The van der Waals surface area contributed by atoms with Crippen LogP contribution in [0.15, 0.2) is 24.3 Å². The monoisotopic (exact) mass is 344 g/mol. The summed E-state index contributed by atoms with van der Waals surface area (Å²) >= 11 is 1.51. The summed E-state index contributed by atoms with van der Waals surface area (Å²) in [5.41, 5.74) is 1.96. The van der Waals surface area contributed by atoms with Crippen molar-refractivity contribution in [2.45, 2.75) is 45.7 Å². The number of amides is 1. The maximum atomic E-state index is 12.2. The molecule has 0 saturated carbocycles. The smallest absolute Gasteiger partial charge is 0.251 e. The Morgan fingerprint density at radius 1 is 1.12 bits per heavy atom. The van der Waals surface area contributed by atoms with Gasteiger partial charge in [-0.3, -0.25) is 9.69 Å². The first-order valence-corrected chi connectivity index (χ1v) is 9.41. The molecule has 6 heteroatoms. The molecule has 0 unspecified atom stereocenters. The van der Waals surface area contributed by atoms with Gasteiger partial charge in [-0.15, -0.1) is 10.2 Å². The van der Waals surface area contributed by atoms with Gasteiger partial charge in [-0.05, 0) is 50.6 Å². The highest BCUT2D eigenvalue weighted by Gasteiger charge is 2.11. The van der Waals surface area contributed by atoms with Crippen molar-refractivity contribution in [1.82, 2.24) is 20.4 Å². The predicted octanol–water partition coefficient (Wildman–Crippen LogP) is 3.15. The SMILES string of the molecule is Cc1nnc(CNC(=O)c2ccc(CN3CCCCCC3)cc2)s1. The van der Waals surface area contributed by atoms with E-state index in [0.717, 1.165) is 16.6 Å². The zero-order valence-electron chi connectivity index (χ0n) is 14.1. The largest absolute Gasteiger partial charge is 0.345 e. The van der Waals surface area contributed by atoms with Crippen LogP contribution in [-0.4, -0.2) is 34.1 Å². The van der Waals surface area contributed by atoms with Crippen LogP contribution in [0.5, 0.6) is 0 Å². The summed E-state index contributed by atoms with van der Waals surface area (Å²) in [6.45, 7) is 5.69. The summed E-state index contributed by atoms with van der Waals surface area (Å²) in [4.78, 5) is 14.7. The number of benzene rings is 1. The highest BCUT2D eigenvalue weighted by atomic mass is 32.1. The Morgan fingerprint density at radius 3 is 2.46 bits per heavy atom. The maximum absolute atomic E-state index is 12.2. The number of aryl methyl sites for hydroxylation is 1. The van der Waals surface area contributed by atoms with Crippen LogP contribution in [0.2, 0.25) is 0 Å². The maximum Gasteiger partial charge on any atom is 0.251 e. The van der Waals surface area contributed by atoms with E-state index in [1.807, 2.05) is 19.1 Å². The first kappa shape index (κ1) is 17.0. The normalized spacial score (nSPS) is 15.9. The molecule has 1 aromatic heterocycles. The van der Waals surface area contributed by atoms with Crippen LogP contribution in [0, 0.1) is 6.92 Å². The van der Waals surface area contributed by atoms with Gasteiger partial charge in [0.05, 0.1) is 6.54 Å². The Morgan fingerprint density at radius 2 is 1.83 bits per heavy atom. The summed E-state index contributed by atoms with van der Waals surface area (Å²) in [6, 6.07) is 7.95. The van der Waals surface area contributed by atoms with E-state index in [2.05, 4.69) is 32.5 Å². The number of carbonyl (C=O) groups excluding carboxylic acids is 1. The van der Waals surface area contributed by atoms with E-state index in [0.29, 0.717) is 12.1 Å². The molecule has 0 atom stereocenters. The van der Waals surface area contributed by atoms with E-state index < -0.39 is 0 Å². The van der Waals surface area contributed by atoms with Crippen molar-refractivity contribution in [3.8, 4) is 0 Å². The topological polar surface area (TPSA) is 58.1 Å². The predicted molar refractivity (Wildman–Crippen MR) is 96.0 cm³/mol. The van der Waals surface area contributed by atoms with E-state index in [1.54, 1.807) is 0 Å². The second-order valence-corrected chi connectivity index (χ2v) is 7.55. The fourth-order valence-corrected chi connectivity index (χ4v) is 3.63. The minimum Gasteiger partial charge on any atom is -0.345 e. The number of likely N-dealkylation sites (tertiary alicyclic amines) is 1. The summed E-state index contributed by atoms with van der Waals surface area (Å²) in [5, 5.41) is 12.6. The lowest BCUT2D eigenvalue weighted by Gasteiger charge is -2.19. The first-order valence-electron chi connectivity index (χ1n) is 8.59. The van der Waals surface area contributed by atoms with Gasteiger partial charge < -0.3 is 5.32 Å². The molecule has 1 saturated heterocycles. The summed E-state index contributed by atoms with van der Waals surface area (Å²) in [5.74, 6) is -0.0656. The summed E-state index contributed by atoms with van der Waals surface area (Å²) in [7, 11) is 0. The van der Waals surface area contributed by atoms with Gasteiger partial charge in [0.25, 0.3) is 5.91 Å². The van der Waals surface area contributed by atoms with Crippen molar-refractivity contribution in [2.24, 2.45) is 0 Å². The zero-order valence-corrected chi connectivity index (χ0v) is 14.9. The fourth-order valence-electron chi connectivity index (χ4n) is 2.98. The Labute approximate surface area is 147 Å². The van der Waals surface area contributed by atoms with Gasteiger partial charge in [-0.2, -0.15) is 0 Å². The lowest BCUT2D eigenvalue weighted by molar-refractivity contribution is 0.0951. The van der Waals surface area contributed by atoms with Crippen LogP contribution >= 0.6 is 11.3 Å². The van der Waals surface area contributed by atoms with Crippen LogP contribution in [0.25, 0.3) is 0 Å². The third kappa shape index (κ3) is 4.85. The number of rotatable bonds is 5. The molecule has 1 fully saturated rings. The van der Waals surface area contributed by atoms with Crippen molar-refractivity contribution in [2.75, 3.05) is 13.1 Å². The number of nitrogens with zero attached hydrogens (tertiary/aromatic N) is 3. The molecule has 5 nitrogen and oxygen atoms in total. The molecule has 0 aliphatic carbocycles. The van der Waals surface area contributed by atoms with E-state index in [4.69, 9.17) is 0 Å². The molecule has 1 aromatic carbocycles. The van der Waals surface area contributed by atoms with Gasteiger partial charge in [0.2, 0.25) is 0 Å². The number of aromatic nitrogens is 2. The fraction of sp³-hybridized carbons (Fsp3) is 0.500. The molecule has 128 valence electrons. The second kappa shape index (κ2) is 8.35. The number of nitrogens with one attached hydrogen (secondary N) is 1. The summed E-state index contributed by atoms with van der Waals surface area (Å²) in [6.07, 6.45) is 5.30. The standard InChI is InChI=1S/C18H24N4OS/c1-14-20-21-17(24-14)12-19-18(23)16-8-6-15(7-9-16)13-22-10-4-2-3-5-11-22/h6-9H,2-5,10-13H2,1H3,(H,19,23). The third-order valence-electron chi connectivity index (χ3n) is 4.29. The first-order chi connectivity index (χ1) is 11.7. The average Bonchev–Trinajstić information content (AvgIpc) is 2.84. The van der Waals surface area contributed by atoms with Gasteiger partial charge in [0.15, 0.2) is 0 Å². The van der Waals surface area contributed by atoms with E-state index in [-0.39, 0.29) is 5.91 Å². The molecule has 1 N–H and O–H groups in total. The van der Waals surface area contributed by atoms with Crippen LogP contribution in [0.1, 0.15) is 51.6 Å². The van der Waals surface area contributed by atoms with Crippen molar-refractivity contribution < 1.29 is 4.79 Å². The third-order valence-corrected chi connectivity index (χ3v) is 5.13. The Hall–Kier alpha value is -1.79. The van der Waals surface area contributed by atoms with E-state index in [1.165, 1.54) is 55.7 Å². The van der Waals surface area contributed by atoms with Gasteiger partial charge in [-0.25, -0.2) is 0 Å². The number of hydrogen-bond donors (Lipinski definition) is 1. The molecule has 1 aliphatic rings. The highest BCUT2D eigenvalue weighted by molar-refractivity contribution is 7.11. The molecule has 3 rings (SSSR count). The Kier molecular flexibility index (Phi) is 5.93. The molecule has 1 amide bonds. The molecule has 0 bridgehead atoms. The molecule has 0 spiro atoms. The minimum atomic E-state index is -0.0656. The van der Waals surface area contributed by atoms with Crippen molar-refractivity contribution in [3.63, 3.8) is 0 Å². The van der Waals surface area contributed by atoms with Gasteiger partial charge in [0.1, 0.15) is 10.0 Å². The lowest BCUT2D eigenvalue weighted by Crippen LogP contribution is -2.24. The summed E-state index contributed by atoms with van der Waals surface area (Å²) < 4.78 is 0. The van der Waals surface area contributed by atoms with Gasteiger partial charge in [-0.1, -0.05) is 36.3 Å². The second-order valence-electron chi connectivity index (χ2n) is 6.28. The van der Waals surface area contributed by atoms with Crippen molar-refractivity contribution in [3.05, 3.63) is 45.4 Å². The highest BCUT2D eigenvalue weighted by Crippen LogP contribution is 2.14. The Balaban J connectivity index is 1.52. The van der Waals surface area contributed by atoms with E-state index >= 15 is 0 Å². The van der Waals surface area contributed by atoms with Crippen LogP contribution < -0.4 is 5.32 Å². The van der Waals surface area contributed by atoms with Crippen molar-refractivity contribution in [1.29, 1.82) is 0 Å². The Bertz CT molecular complexity index is 660. The van der Waals surface area contributed by atoms with Crippen LogP contribution in [-0.2, 0) is 13.1 Å². The van der Waals surface area contributed by atoms with Gasteiger partial charge in [0, 0.05) is 12.1 Å². The quantitative estimate of drug-likeness (QED) is 0.905. The molecule has 2 heterocycles. The molecule has 2 aromatic rings. The van der Waals surface area contributed by atoms with Crippen molar-refractivity contribution >= 4 is 17.2 Å². The molecule has 24 heavy (non-hydrogen) atoms. The average molecular weight is 344 g/mol. The molecule has 1 aliphatic heterocycles. The number of hydrogen-bond acceptors (Lipinski definition) is 5. The van der Waals surface area contributed by atoms with Crippen LogP contribution in [0.4, 0.5) is 0 Å².